The van der Waals surface area contributed by atoms with Crippen molar-refractivity contribution in [2.75, 3.05) is 0 Å². The molecule has 0 unspecified atom stereocenters. The number of benzene rings is 2. The fourth-order valence-corrected chi connectivity index (χ4v) is 2.56. The molecule has 0 fully saturated rings. The Morgan fingerprint density at radius 3 is 2.50 bits per heavy atom. The molecule has 3 aromatic rings. The lowest BCUT2D eigenvalue weighted by Crippen LogP contribution is -2.02. The molecular formula is C19H16O5. The van der Waals surface area contributed by atoms with E-state index in [1.807, 2.05) is 26.0 Å². The fraction of sp³-hybridized carbons (Fsp3) is 0.158. The molecule has 1 aromatic heterocycles. The minimum atomic E-state index is -0.960. The average Bonchev–Trinajstić information content (AvgIpc) is 2.55. The van der Waals surface area contributed by atoms with E-state index in [1.165, 1.54) is 18.2 Å². The van der Waals surface area contributed by atoms with Gasteiger partial charge in [0.2, 0.25) is 0 Å². The maximum Gasteiger partial charge on any atom is 0.336 e. The van der Waals surface area contributed by atoms with Crippen LogP contribution >= 0.6 is 0 Å². The number of aromatic carboxylic acids is 1. The van der Waals surface area contributed by atoms with Crippen LogP contribution in [0.1, 0.15) is 27.0 Å². The van der Waals surface area contributed by atoms with Gasteiger partial charge in [-0.3, -0.25) is 0 Å². The van der Waals surface area contributed by atoms with Crippen LogP contribution in [0.4, 0.5) is 0 Å². The SMILES string of the molecule is Cc1cc(=O)oc2c(C)c(OCc3ccc(C(=O)O)cc3)ccc12. The molecule has 5 nitrogen and oxygen atoms in total. The van der Waals surface area contributed by atoms with E-state index in [0.717, 1.165) is 22.1 Å². The summed E-state index contributed by atoms with van der Waals surface area (Å²) >= 11 is 0. The highest BCUT2D eigenvalue weighted by Crippen LogP contribution is 2.28. The number of ether oxygens (including phenoxy) is 1. The first-order chi connectivity index (χ1) is 11.5. The first-order valence-corrected chi connectivity index (χ1v) is 7.45. The van der Waals surface area contributed by atoms with Gasteiger partial charge in [0.1, 0.15) is 17.9 Å². The molecule has 0 aliphatic carbocycles. The lowest BCUT2D eigenvalue weighted by Gasteiger charge is -2.11. The summed E-state index contributed by atoms with van der Waals surface area (Å²) < 4.78 is 11.1. The Labute approximate surface area is 138 Å². The molecule has 1 N–H and O–H groups in total. The molecule has 0 radical (unpaired) electrons. The highest BCUT2D eigenvalue weighted by molar-refractivity contribution is 5.87. The molecule has 0 aliphatic rings. The number of carboxylic acid groups (broad SMARTS) is 1. The quantitative estimate of drug-likeness (QED) is 0.741. The van der Waals surface area contributed by atoms with Gasteiger partial charge in [0, 0.05) is 17.0 Å². The monoisotopic (exact) mass is 324 g/mol. The molecule has 0 atom stereocenters. The first-order valence-electron chi connectivity index (χ1n) is 7.45. The van der Waals surface area contributed by atoms with Crippen LogP contribution in [-0.4, -0.2) is 11.1 Å². The van der Waals surface area contributed by atoms with Gasteiger partial charge in [0.15, 0.2) is 0 Å². The van der Waals surface area contributed by atoms with Crippen LogP contribution in [-0.2, 0) is 6.61 Å². The minimum absolute atomic E-state index is 0.234. The van der Waals surface area contributed by atoms with Gasteiger partial charge < -0.3 is 14.3 Å². The number of carboxylic acids is 1. The van der Waals surface area contributed by atoms with E-state index >= 15 is 0 Å². The summed E-state index contributed by atoms with van der Waals surface area (Å²) in [6.45, 7) is 4.00. The molecule has 0 bridgehead atoms. The molecule has 0 amide bonds. The molecule has 0 saturated heterocycles. The third-order valence-electron chi connectivity index (χ3n) is 3.91. The smallest absolute Gasteiger partial charge is 0.336 e. The van der Waals surface area contributed by atoms with E-state index in [-0.39, 0.29) is 11.2 Å². The number of hydrogen-bond donors (Lipinski definition) is 1. The Bertz CT molecular complexity index is 967. The number of aryl methyl sites for hydroxylation is 2. The highest BCUT2D eigenvalue weighted by atomic mass is 16.5. The van der Waals surface area contributed by atoms with Crippen molar-refractivity contribution in [1.82, 2.24) is 0 Å². The Balaban J connectivity index is 1.86. The molecule has 1 heterocycles. The van der Waals surface area contributed by atoms with Crippen LogP contribution in [0, 0.1) is 13.8 Å². The van der Waals surface area contributed by atoms with E-state index in [1.54, 1.807) is 12.1 Å². The van der Waals surface area contributed by atoms with Crippen molar-refractivity contribution in [3.8, 4) is 5.75 Å². The predicted octanol–water partition coefficient (Wildman–Crippen LogP) is 3.69. The van der Waals surface area contributed by atoms with Crippen LogP contribution in [0.15, 0.2) is 51.7 Å². The summed E-state index contributed by atoms with van der Waals surface area (Å²) in [7, 11) is 0. The fourth-order valence-electron chi connectivity index (χ4n) is 2.56. The van der Waals surface area contributed by atoms with Crippen molar-refractivity contribution >= 4 is 16.9 Å². The maximum atomic E-state index is 11.6. The highest BCUT2D eigenvalue weighted by Gasteiger charge is 2.10. The predicted molar refractivity (Wildman–Crippen MR) is 89.7 cm³/mol. The second kappa shape index (κ2) is 6.20. The number of hydrogen-bond acceptors (Lipinski definition) is 4. The van der Waals surface area contributed by atoms with Gasteiger partial charge >= 0.3 is 11.6 Å². The van der Waals surface area contributed by atoms with Crippen molar-refractivity contribution in [2.45, 2.75) is 20.5 Å². The number of rotatable bonds is 4. The largest absolute Gasteiger partial charge is 0.488 e. The topological polar surface area (TPSA) is 76.7 Å². The molecule has 0 saturated carbocycles. The standard InChI is InChI=1S/C19H16O5/c1-11-9-17(20)24-18-12(2)16(8-7-15(11)18)23-10-13-3-5-14(6-4-13)19(21)22/h3-9H,10H2,1-2H3,(H,21,22). The third-order valence-corrected chi connectivity index (χ3v) is 3.91. The molecule has 5 heteroatoms. The molecule has 122 valence electrons. The second-order valence-corrected chi connectivity index (χ2v) is 5.60. The lowest BCUT2D eigenvalue weighted by molar-refractivity contribution is 0.0697. The van der Waals surface area contributed by atoms with Gasteiger partial charge in [-0.15, -0.1) is 0 Å². The average molecular weight is 324 g/mol. The second-order valence-electron chi connectivity index (χ2n) is 5.60. The van der Waals surface area contributed by atoms with Gasteiger partial charge in [-0.25, -0.2) is 9.59 Å². The van der Waals surface area contributed by atoms with Crippen molar-refractivity contribution in [3.05, 3.63) is 75.1 Å². The van der Waals surface area contributed by atoms with E-state index in [0.29, 0.717) is 17.9 Å². The third kappa shape index (κ3) is 3.01. The number of fused-ring (bicyclic) bond motifs is 1. The summed E-state index contributed by atoms with van der Waals surface area (Å²) in [5.74, 6) is -0.336. The normalized spacial score (nSPS) is 10.8. The summed E-state index contributed by atoms with van der Waals surface area (Å²) in [5, 5.41) is 9.78. The minimum Gasteiger partial charge on any atom is -0.488 e. The molecule has 0 aliphatic heterocycles. The van der Waals surface area contributed by atoms with E-state index < -0.39 is 5.97 Å². The number of carbonyl (C=O) groups is 1. The zero-order chi connectivity index (χ0) is 17.3. The Kier molecular flexibility index (Phi) is 4.08. The van der Waals surface area contributed by atoms with E-state index in [9.17, 15) is 9.59 Å². The van der Waals surface area contributed by atoms with Gasteiger partial charge in [0.05, 0.1) is 5.56 Å². The van der Waals surface area contributed by atoms with Crippen LogP contribution in [0.2, 0.25) is 0 Å². The van der Waals surface area contributed by atoms with Crippen molar-refractivity contribution in [2.24, 2.45) is 0 Å². The van der Waals surface area contributed by atoms with Crippen LogP contribution in [0.5, 0.6) is 5.75 Å². The summed E-state index contributed by atoms with van der Waals surface area (Å²) in [6.07, 6.45) is 0. The van der Waals surface area contributed by atoms with Crippen molar-refractivity contribution < 1.29 is 19.1 Å². The Hall–Kier alpha value is -3.08. The lowest BCUT2D eigenvalue weighted by atomic mass is 10.1. The van der Waals surface area contributed by atoms with Crippen LogP contribution < -0.4 is 10.4 Å². The summed E-state index contributed by atoms with van der Waals surface area (Å²) in [5.41, 5.74) is 2.85. The van der Waals surface area contributed by atoms with E-state index in [2.05, 4.69) is 0 Å². The first kappa shape index (κ1) is 15.8. The zero-order valence-electron chi connectivity index (χ0n) is 13.3. The maximum absolute atomic E-state index is 11.6. The molecular weight excluding hydrogens is 308 g/mol. The van der Waals surface area contributed by atoms with Crippen LogP contribution in [0.3, 0.4) is 0 Å². The van der Waals surface area contributed by atoms with Crippen molar-refractivity contribution in [1.29, 1.82) is 0 Å². The van der Waals surface area contributed by atoms with Gasteiger partial charge in [-0.2, -0.15) is 0 Å². The zero-order valence-corrected chi connectivity index (χ0v) is 13.3. The molecule has 24 heavy (non-hydrogen) atoms. The van der Waals surface area contributed by atoms with Gasteiger partial charge in [-0.05, 0) is 49.2 Å². The Morgan fingerprint density at radius 1 is 1.12 bits per heavy atom. The Morgan fingerprint density at radius 2 is 1.83 bits per heavy atom. The summed E-state index contributed by atoms with van der Waals surface area (Å²) in [4.78, 5) is 22.4. The summed E-state index contributed by atoms with van der Waals surface area (Å²) in [6, 6.07) is 11.7. The van der Waals surface area contributed by atoms with Crippen molar-refractivity contribution in [3.63, 3.8) is 0 Å². The molecule has 0 spiro atoms. The molecule has 2 aromatic carbocycles. The van der Waals surface area contributed by atoms with Gasteiger partial charge in [-0.1, -0.05) is 12.1 Å². The van der Waals surface area contributed by atoms with Crippen LogP contribution in [0.25, 0.3) is 11.0 Å². The van der Waals surface area contributed by atoms with Gasteiger partial charge in [0.25, 0.3) is 0 Å². The van der Waals surface area contributed by atoms with E-state index in [4.69, 9.17) is 14.3 Å². The molecule has 3 rings (SSSR count).